The van der Waals surface area contributed by atoms with Crippen molar-refractivity contribution in [3.63, 3.8) is 0 Å². The summed E-state index contributed by atoms with van der Waals surface area (Å²) in [5.41, 5.74) is 2.45. The highest BCUT2D eigenvalue weighted by molar-refractivity contribution is 5.74. The predicted octanol–water partition coefficient (Wildman–Crippen LogP) is 2.61. The molecule has 4 heteroatoms. The van der Waals surface area contributed by atoms with E-state index in [9.17, 15) is 0 Å². The van der Waals surface area contributed by atoms with Crippen LogP contribution in [-0.2, 0) is 0 Å². The Balaban J connectivity index is 2.11. The molecule has 0 saturated heterocycles. The van der Waals surface area contributed by atoms with Gasteiger partial charge in [0.1, 0.15) is 0 Å². The zero-order valence-electron chi connectivity index (χ0n) is 10.7. The number of rotatable bonds is 5. The number of nitrogens with one attached hydrogen (secondary N) is 1. The molecule has 0 radical (unpaired) electrons. The first kappa shape index (κ1) is 12.2. The van der Waals surface area contributed by atoms with E-state index in [0.717, 1.165) is 50.5 Å². The van der Waals surface area contributed by atoms with E-state index < -0.39 is 0 Å². The Labute approximate surface area is 103 Å². The van der Waals surface area contributed by atoms with Crippen molar-refractivity contribution in [2.45, 2.75) is 26.7 Å². The van der Waals surface area contributed by atoms with Gasteiger partial charge in [-0.3, -0.25) is 4.90 Å². The first-order chi connectivity index (χ1) is 8.35. The molecule has 0 amide bonds. The fraction of sp³-hybridized carbons (Fsp3) is 0.615. The highest BCUT2D eigenvalue weighted by atomic mass is 16.5. The molecule has 1 aromatic rings. The van der Waals surface area contributed by atoms with Crippen molar-refractivity contribution in [3.8, 4) is 0 Å². The molecule has 2 rings (SSSR count). The number of aromatic nitrogens is 1. The van der Waals surface area contributed by atoms with Crippen LogP contribution in [0.4, 0.5) is 5.88 Å². The fourth-order valence-corrected chi connectivity index (χ4v) is 2.11. The molecule has 2 heterocycles. The SMILES string of the molecule is CCCNc1oncc1C1=CCCN(CC)C1. The molecule has 0 spiro atoms. The highest BCUT2D eigenvalue weighted by Gasteiger charge is 2.17. The second-order valence-electron chi connectivity index (χ2n) is 4.38. The number of hydrogen-bond acceptors (Lipinski definition) is 4. The van der Waals surface area contributed by atoms with E-state index in [0.29, 0.717) is 0 Å². The van der Waals surface area contributed by atoms with Crippen molar-refractivity contribution in [2.24, 2.45) is 0 Å². The maximum atomic E-state index is 5.27. The average molecular weight is 235 g/mol. The summed E-state index contributed by atoms with van der Waals surface area (Å²) in [5.74, 6) is 0.816. The summed E-state index contributed by atoms with van der Waals surface area (Å²) in [7, 11) is 0. The van der Waals surface area contributed by atoms with Gasteiger partial charge in [0.2, 0.25) is 5.88 Å². The molecule has 0 saturated carbocycles. The van der Waals surface area contributed by atoms with Crippen molar-refractivity contribution >= 4 is 11.5 Å². The Morgan fingerprint density at radius 3 is 3.12 bits per heavy atom. The standard InChI is InChI=1S/C13H21N3O/c1-3-7-14-13-12(9-15-17-13)11-6-5-8-16(4-2)10-11/h6,9,14H,3-5,7-8,10H2,1-2H3. The Morgan fingerprint density at radius 1 is 1.47 bits per heavy atom. The predicted molar refractivity (Wildman–Crippen MR) is 70.0 cm³/mol. The van der Waals surface area contributed by atoms with Crippen LogP contribution in [0.3, 0.4) is 0 Å². The zero-order chi connectivity index (χ0) is 12.1. The number of anilines is 1. The van der Waals surface area contributed by atoms with Crippen LogP contribution in [-0.4, -0.2) is 36.2 Å². The Hall–Kier alpha value is -1.29. The lowest BCUT2D eigenvalue weighted by Crippen LogP contribution is -2.29. The fourth-order valence-electron chi connectivity index (χ4n) is 2.11. The molecule has 0 aliphatic carbocycles. The lowest BCUT2D eigenvalue weighted by molar-refractivity contribution is 0.321. The summed E-state index contributed by atoms with van der Waals surface area (Å²) in [5, 5.41) is 7.19. The van der Waals surface area contributed by atoms with Crippen LogP contribution >= 0.6 is 0 Å². The number of nitrogens with zero attached hydrogens (tertiary/aromatic N) is 2. The summed E-state index contributed by atoms with van der Waals surface area (Å²) in [4.78, 5) is 2.44. The molecule has 1 aliphatic rings. The van der Waals surface area contributed by atoms with Gasteiger partial charge in [0, 0.05) is 19.6 Å². The van der Waals surface area contributed by atoms with Crippen LogP contribution in [0.5, 0.6) is 0 Å². The zero-order valence-corrected chi connectivity index (χ0v) is 10.7. The van der Waals surface area contributed by atoms with Crippen molar-refractivity contribution in [2.75, 3.05) is 31.5 Å². The molecule has 94 valence electrons. The lowest BCUT2D eigenvalue weighted by Gasteiger charge is -2.25. The Kier molecular flexibility index (Phi) is 4.20. The van der Waals surface area contributed by atoms with Gasteiger partial charge in [-0.15, -0.1) is 0 Å². The minimum Gasteiger partial charge on any atom is -0.354 e. The van der Waals surface area contributed by atoms with Gasteiger partial charge in [0.05, 0.1) is 11.8 Å². The largest absolute Gasteiger partial charge is 0.354 e. The third-order valence-electron chi connectivity index (χ3n) is 3.13. The second kappa shape index (κ2) is 5.87. The maximum Gasteiger partial charge on any atom is 0.232 e. The van der Waals surface area contributed by atoms with E-state index in [1.807, 2.05) is 6.20 Å². The van der Waals surface area contributed by atoms with Gasteiger partial charge >= 0.3 is 0 Å². The van der Waals surface area contributed by atoms with E-state index in [1.54, 1.807) is 0 Å². The lowest BCUT2D eigenvalue weighted by atomic mass is 10.0. The third kappa shape index (κ3) is 2.88. The van der Waals surface area contributed by atoms with Crippen molar-refractivity contribution in [3.05, 3.63) is 17.8 Å². The van der Waals surface area contributed by atoms with Gasteiger partial charge in [-0.25, -0.2) is 0 Å². The van der Waals surface area contributed by atoms with Gasteiger partial charge in [-0.05, 0) is 25.0 Å². The quantitative estimate of drug-likeness (QED) is 0.851. The molecule has 4 nitrogen and oxygen atoms in total. The summed E-state index contributed by atoms with van der Waals surface area (Å²) >= 11 is 0. The molecule has 0 bridgehead atoms. The van der Waals surface area contributed by atoms with Crippen molar-refractivity contribution in [1.82, 2.24) is 10.1 Å². The highest BCUT2D eigenvalue weighted by Crippen LogP contribution is 2.27. The summed E-state index contributed by atoms with van der Waals surface area (Å²) in [6.07, 6.45) is 6.32. The maximum absolute atomic E-state index is 5.27. The van der Waals surface area contributed by atoms with Crippen LogP contribution in [0.2, 0.25) is 0 Å². The molecule has 1 N–H and O–H groups in total. The van der Waals surface area contributed by atoms with Crippen LogP contribution in [0, 0.1) is 0 Å². The molecule has 17 heavy (non-hydrogen) atoms. The van der Waals surface area contributed by atoms with Crippen LogP contribution in [0.15, 0.2) is 16.8 Å². The van der Waals surface area contributed by atoms with E-state index in [1.165, 1.54) is 5.57 Å². The molecule has 0 atom stereocenters. The average Bonchev–Trinajstić information content (AvgIpc) is 2.84. The van der Waals surface area contributed by atoms with Gasteiger partial charge in [0.15, 0.2) is 0 Å². The Bertz CT molecular complexity index is 384. The normalized spacial score (nSPS) is 16.9. The minimum atomic E-state index is 0.816. The molecule has 1 aromatic heterocycles. The monoisotopic (exact) mass is 235 g/mol. The van der Waals surface area contributed by atoms with Crippen LogP contribution in [0.25, 0.3) is 5.57 Å². The Morgan fingerprint density at radius 2 is 2.35 bits per heavy atom. The van der Waals surface area contributed by atoms with Gasteiger partial charge in [-0.2, -0.15) is 0 Å². The van der Waals surface area contributed by atoms with Crippen molar-refractivity contribution < 1.29 is 4.52 Å². The summed E-state index contributed by atoms with van der Waals surface area (Å²) in [6.45, 7) is 8.52. The van der Waals surface area contributed by atoms with E-state index in [4.69, 9.17) is 4.52 Å². The first-order valence-corrected chi connectivity index (χ1v) is 6.45. The van der Waals surface area contributed by atoms with Crippen LogP contribution < -0.4 is 5.32 Å². The number of hydrogen-bond donors (Lipinski definition) is 1. The van der Waals surface area contributed by atoms with Gasteiger partial charge < -0.3 is 9.84 Å². The summed E-state index contributed by atoms with van der Waals surface area (Å²) in [6, 6.07) is 0. The topological polar surface area (TPSA) is 41.3 Å². The minimum absolute atomic E-state index is 0.816. The van der Waals surface area contributed by atoms with E-state index >= 15 is 0 Å². The smallest absolute Gasteiger partial charge is 0.232 e. The van der Waals surface area contributed by atoms with E-state index in [-0.39, 0.29) is 0 Å². The van der Waals surface area contributed by atoms with Crippen LogP contribution in [0.1, 0.15) is 32.3 Å². The number of likely N-dealkylation sites (N-methyl/N-ethyl adjacent to an activating group) is 1. The summed E-state index contributed by atoms with van der Waals surface area (Å²) < 4.78 is 5.27. The molecular formula is C13H21N3O. The molecule has 0 unspecified atom stereocenters. The first-order valence-electron chi connectivity index (χ1n) is 6.45. The van der Waals surface area contributed by atoms with Gasteiger partial charge in [0.25, 0.3) is 0 Å². The third-order valence-corrected chi connectivity index (χ3v) is 3.13. The molecular weight excluding hydrogens is 214 g/mol. The van der Waals surface area contributed by atoms with Gasteiger partial charge in [-0.1, -0.05) is 25.1 Å². The second-order valence-corrected chi connectivity index (χ2v) is 4.38. The molecule has 1 aliphatic heterocycles. The molecule has 0 fully saturated rings. The van der Waals surface area contributed by atoms with E-state index in [2.05, 4.69) is 35.3 Å². The van der Waals surface area contributed by atoms with Crippen molar-refractivity contribution in [1.29, 1.82) is 0 Å². The molecule has 0 aromatic carbocycles.